The van der Waals surface area contributed by atoms with Gasteiger partial charge in [-0.25, -0.2) is 29.5 Å². The van der Waals surface area contributed by atoms with Crippen LogP contribution in [0.5, 0.6) is 23.0 Å². The minimum Gasteiger partial charge on any atom is -0.478 e. The number of halogens is 3. The van der Waals surface area contributed by atoms with Crippen LogP contribution in [0, 0.1) is 0 Å². The van der Waals surface area contributed by atoms with Crippen LogP contribution in [-0.2, 0) is 28.6 Å². The highest BCUT2D eigenvalue weighted by molar-refractivity contribution is 6.04. The van der Waals surface area contributed by atoms with Crippen molar-refractivity contribution in [3.8, 4) is 45.3 Å². The van der Waals surface area contributed by atoms with Crippen molar-refractivity contribution < 1.29 is 62.5 Å². The van der Waals surface area contributed by atoms with E-state index in [2.05, 4.69) is 60.2 Å². The summed E-state index contributed by atoms with van der Waals surface area (Å²) in [6.45, 7) is 15.1. The maximum atomic E-state index is 13.2. The van der Waals surface area contributed by atoms with Crippen LogP contribution in [0.3, 0.4) is 0 Å². The number of para-hydroxylation sites is 2. The summed E-state index contributed by atoms with van der Waals surface area (Å²) in [6, 6.07) is 37.0. The molecule has 25 heteroatoms. The van der Waals surface area contributed by atoms with E-state index >= 15 is 0 Å². The first kappa shape index (κ1) is 73.5. The largest absolute Gasteiger partial charge is 0.478 e. The van der Waals surface area contributed by atoms with Crippen molar-refractivity contribution in [2.45, 2.75) is 134 Å². The number of hydrogen-bond donors (Lipinski definition) is 3. The number of carbonyl (C=O) groups excluding carboxylic acids is 3. The number of aromatic nitrogens is 6. The quantitative estimate of drug-likeness (QED) is 0.0532. The smallest absolute Gasteiger partial charge is 0.446 e. The van der Waals surface area contributed by atoms with Gasteiger partial charge in [0, 0.05) is 101 Å². The Balaban J connectivity index is 0.000000172. The molecule has 542 valence electrons. The van der Waals surface area contributed by atoms with E-state index in [9.17, 15) is 27.6 Å². The predicted molar refractivity (Wildman–Crippen MR) is 387 cm³/mol. The van der Waals surface area contributed by atoms with Gasteiger partial charge in [-0.2, -0.15) is 13.2 Å². The minimum absolute atomic E-state index is 0.0615. The molecule has 0 unspecified atom stereocenters. The summed E-state index contributed by atoms with van der Waals surface area (Å²) in [6.07, 6.45) is 11.9. The number of anilines is 2. The monoisotopic (exact) mass is 1400 g/mol. The number of carbonyl (C=O) groups is 4. The first-order valence-electron chi connectivity index (χ1n) is 35.4. The van der Waals surface area contributed by atoms with Crippen LogP contribution in [0.1, 0.15) is 123 Å². The van der Waals surface area contributed by atoms with E-state index in [4.69, 9.17) is 56.4 Å². The Morgan fingerprint density at radius 2 is 1.02 bits per heavy atom. The van der Waals surface area contributed by atoms with E-state index < -0.39 is 24.0 Å². The van der Waals surface area contributed by atoms with Crippen molar-refractivity contribution in [1.82, 2.24) is 48.7 Å². The number of nitrogens with two attached hydrogens (primary N) is 2. The molecule has 8 aromatic rings. The number of likely N-dealkylation sites (N-methyl/N-ethyl adjacent to an activating group) is 2. The fourth-order valence-electron chi connectivity index (χ4n) is 13.2. The number of aldehydes is 1. The number of alkyl halides is 3. The first-order chi connectivity index (χ1) is 49.5. The van der Waals surface area contributed by atoms with Gasteiger partial charge >= 0.3 is 18.2 Å². The van der Waals surface area contributed by atoms with E-state index in [-0.39, 0.29) is 24.1 Å². The number of amides is 2. The molecule has 0 radical (unpaired) electrons. The number of hydrogen-bond acceptors (Lipinski definition) is 17. The van der Waals surface area contributed by atoms with Gasteiger partial charge in [0.05, 0.1) is 36.1 Å². The molecular formula is C77H93F3N12O10. The molecule has 14 rings (SSSR count). The molecule has 6 aliphatic rings. The highest BCUT2D eigenvalue weighted by Crippen LogP contribution is 2.53. The molecule has 4 aliphatic heterocycles. The number of rotatable bonds is 18. The predicted octanol–water partition coefficient (Wildman–Crippen LogP) is 14.1. The molecule has 4 aromatic carbocycles. The van der Waals surface area contributed by atoms with Gasteiger partial charge in [0.25, 0.3) is 0 Å². The lowest BCUT2D eigenvalue weighted by Crippen LogP contribution is -2.35. The Bertz CT molecular complexity index is 4190. The molecule has 0 bridgehead atoms. The summed E-state index contributed by atoms with van der Waals surface area (Å²) in [5.74, 6) is 4.12. The van der Waals surface area contributed by atoms with Gasteiger partial charge < -0.3 is 59.2 Å². The van der Waals surface area contributed by atoms with Crippen LogP contribution in [0.4, 0.5) is 29.6 Å². The van der Waals surface area contributed by atoms with E-state index in [1.54, 1.807) is 30.3 Å². The normalized spacial score (nSPS) is 19.0. The first-order valence-corrected chi connectivity index (χ1v) is 34.7. The third kappa shape index (κ3) is 19.5. The van der Waals surface area contributed by atoms with Gasteiger partial charge in [0.2, 0.25) is 12.2 Å². The number of nitrogens with zero attached hydrogens (tertiary/aromatic N) is 10. The minimum atomic E-state index is -4.64. The third-order valence-electron chi connectivity index (χ3n) is 18.4. The maximum absolute atomic E-state index is 13.2. The number of benzene rings is 4. The Labute approximate surface area is 594 Å². The Hall–Kier alpha value is -9.69. The number of likely N-dealkylation sites (tertiary alicyclic amines) is 2. The summed E-state index contributed by atoms with van der Waals surface area (Å²) in [4.78, 5) is 71.2. The average molecular weight is 1400 g/mol. The van der Waals surface area contributed by atoms with Crippen molar-refractivity contribution >= 4 is 58.0 Å². The average Bonchev–Trinajstić information content (AvgIpc) is 1.57. The molecule has 6 fully saturated rings. The van der Waals surface area contributed by atoms with Gasteiger partial charge in [0.15, 0.2) is 0 Å². The molecule has 22 nitrogen and oxygen atoms in total. The number of ether oxygens (including phenoxy) is 5. The van der Waals surface area contributed by atoms with Crippen LogP contribution in [0.25, 0.3) is 44.3 Å². The molecule has 2 aliphatic carbocycles. The second-order valence-corrected chi connectivity index (χ2v) is 26.9. The number of fused-ring (bicyclic) bond motifs is 2. The summed E-state index contributed by atoms with van der Waals surface area (Å²) in [5.41, 5.74) is 21.0. The molecule has 4 saturated heterocycles. The van der Waals surface area contributed by atoms with Crippen LogP contribution in [-0.4, -0.2) is 182 Å². The number of carboxylic acids is 1. The molecule has 5 N–H and O–H groups in total. The van der Waals surface area contributed by atoms with Gasteiger partial charge in [0.1, 0.15) is 64.2 Å². The van der Waals surface area contributed by atoms with E-state index in [1.165, 1.54) is 23.8 Å². The molecular weight excluding hydrogens is 1310 g/mol. The van der Waals surface area contributed by atoms with Gasteiger partial charge in [-0.15, -0.1) is 0 Å². The fourth-order valence-corrected chi connectivity index (χ4v) is 13.2. The van der Waals surface area contributed by atoms with Gasteiger partial charge in [-0.3, -0.25) is 19.4 Å². The van der Waals surface area contributed by atoms with E-state index in [0.717, 1.165) is 152 Å². The molecule has 4 aromatic heterocycles. The number of nitrogen functional groups attached to an aromatic ring is 2. The SMILES string of the molecule is CC(C)(C)OC(=O)N1CC[C@@H](n2c(C3CC3)c(-c3ccc(Oc4ccccc4)cc3)c3c(N)ncnc32)C1.CN(C/C=C/C(=O)N1CC[C@@H](n2c(C3CC3)c(-c3ccc(Oc4ccccc4)cc3)c3c(N)ncnc32)C1)[C@H]1CCOC1.CN(C/C=C/C(=O)O)[C@H]1CCOC1.O=CC(F)(F)F.[2H]CC. The second kappa shape index (κ2) is 34.3. The van der Waals surface area contributed by atoms with Crippen molar-refractivity contribution in [1.29, 1.82) is 0 Å². The van der Waals surface area contributed by atoms with Crippen LogP contribution in [0.15, 0.2) is 146 Å². The van der Waals surface area contributed by atoms with Crippen molar-refractivity contribution in [3.63, 3.8) is 0 Å². The maximum Gasteiger partial charge on any atom is 0.446 e. The van der Waals surface area contributed by atoms with Gasteiger partial charge in [-0.05, 0) is 158 Å². The molecule has 8 heterocycles. The number of carboxylic acid groups (broad SMARTS) is 1. The molecule has 2 amide bonds. The Kier molecular flexibility index (Phi) is 24.7. The summed E-state index contributed by atoms with van der Waals surface area (Å²) in [5, 5.41) is 10.1. The van der Waals surface area contributed by atoms with Crippen LogP contribution in [0.2, 0.25) is 0 Å². The van der Waals surface area contributed by atoms with Crippen LogP contribution >= 0.6 is 0 Å². The lowest BCUT2D eigenvalue weighted by Gasteiger charge is -2.25. The fraction of sp³-hybridized carbons (Fsp3) is 0.429. The lowest BCUT2D eigenvalue weighted by molar-refractivity contribution is -0.156. The molecule has 0 spiro atoms. The molecule has 2 saturated carbocycles. The molecule has 102 heavy (non-hydrogen) atoms. The Morgan fingerprint density at radius 1 is 0.618 bits per heavy atom. The van der Waals surface area contributed by atoms with Crippen molar-refractivity contribution in [2.75, 3.05) is 91.3 Å². The Morgan fingerprint density at radius 3 is 1.40 bits per heavy atom. The summed E-state index contributed by atoms with van der Waals surface area (Å²) in [7, 11) is 4.07. The van der Waals surface area contributed by atoms with Crippen molar-refractivity contribution in [3.05, 3.63) is 158 Å². The highest BCUT2D eigenvalue weighted by Gasteiger charge is 2.41. The lowest BCUT2D eigenvalue weighted by atomic mass is 10.0. The van der Waals surface area contributed by atoms with Crippen LogP contribution < -0.4 is 20.9 Å². The zero-order chi connectivity index (χ0) is 73.4. The summed E-state index contributed by atoms with van der Waals surface area (Å²) >= 11 is 0. The second-order valence-electron chi connectivity index (χ2n) is 26.9. The zero-order valence-electron chi connectivity index (χ0n) is 59.7. The third-order valence-corrected chi connectivity index (χ3v) is 18.4. The topological polar surface area (TPSA) is 261 Å². The highest BCUT2D eigenvalue weighted by atomic mass is 19.4. The zero-order valence-corrected chi connectivity index (χ0v) is 58.7. The standard InChI is InChI=1S/C34H38N6O3.C30H33N5O3.C9H15NO3.C2HF3O.C2H6/c1-38(26-16-19-42-21-26)17-5-8-29(41)39-18-15-25(20-39)40-32(24-9-10-24)30(31-33(35)36-22-37-34(31)40)23-11-13-28(14-12-23)43-27-6-3-2-4-7-27;1-30(2,3)38-29(36)34-16-15-21(17-34)35-26(20-9-10-20)24(25-27(31)32-18-33-28(25)35)19-11-13-23(14-12-19)37-22-7-5-4-6-8-22;1-10(5-2-3-9(11)12)8-4-6-13-7-8;3-2(4,5)1-6;1-2/h2-8,11-14,22,24-26H,9-10,15-21H2,1H3,(H2,35,36,37);4-8,11-14,18,20-21H,9-10,15-17H2,1-3H3,(H2,31,32,33);2-3,8H,4-7H2,1H3,(H,11,12);1H;1-2H3/b8-5+;;3-2+;;/t25-,26+;21-;8-;;/m110../s1/i;;;;1D. The van der Waals surface area contributed by atoms with Crippen molar-refractivity contribution in [2.24, 2.45) is 0 Å². The van der Waals surface area contributed by atoms with E-state index in [1.807, 2.05) is 124 Å². The number of aliphatic carboxylic acids is 1. The van der Waals surface area contributed by atoms with Gasteiger partial charge in [-0.1, -0.05) is 86.6 Å². The van der Waals surface area contributed by atoms with E-state index in [0.29, 0.717) is 75.2 Å². The molecule has 4 atom stereocenters. The summed E-state index contributed by atoms with van der Waals surface area (Å²) < 4.78 is 70.6.